The molecule has 0 saturated heterocycles. The fraction of sp³-hybridized carbons (Fsp3) is 0.182. The maximum absolute atomic E-state index is 12.6. The van der Waals surface area contributed by atoms with Crippen LogP contribution in [0.15, 0.2) is 54.9 Å². The highest BCUT2D eigenvalue weighted by atomic mass is 16.7. The molecule has 0 fully saturated rings. The number of nitrogens with zero attached hydrogens (tertiary/aromatic N) is 1. The summed E-state index contributed by atoms with van der Waals surface area (Å²) in [5.41, 5.74) is 2.93. The summed E-state index contributed by atoms with van der Waals surface area (Å²) in [6.07, 6.45) is 3.22. The van der Waals surface area contributed by atoms with Gasteiger partial charge in [-0.3, -0.25) is 9.78 Å². The Morgan fingerprint density at radius 3 is 2.72 bits per heavy atom. The molecule has 7 heteroatoms. The Morgan fingerprint density at radius 2 is 1.90 bits per heavy atom. The number of benzene rings is 2. The fourth-order valence-electron chi connectivity index (χ4n) is 3.09. The number of rotatable bonds is 6. The van der Waals surface area contributed by atoms with E-state index >= 15 is 0 Å². The number of fused-ring (bicyclic) bond motifs is 1. The molecule has 0 saturated carbocycles. The molecule has 1 aliphatic rings. The Morgan fingerprint density at radius 1 is 1.03 bits per heavy atom. The first kappa shape index (κ1) is 18.6. The van der Waals surface area contributed by atoms with E-state index in [0.29, 0.717) is 35.1 Å². The van der Waals surface area contributed by atoms with Gasteiger partial charge in [-0.15, -0.1) is 0 Å². The van der Waals surface area contributed by atoms with Crippen molar-refractivity contribution in [1.82, 2.24) is 10.3 Å². The van der Waals surface area contributed by atoms with Gasteiger partial charge in [0, 0.05) is 30.1 Å². The molecule has 2 heterocycles. The molecule has 0 radical (unpaired) electrons. The summed E-state index contributed by atoms with van der Waals surface area (Å²) >= 11 is 0. The van der Waals surface area contributed by atoms with Gasteiger partial charge in [-0.1, -0.05) is 6.07 Å². The van der Waals surface area contributed by atoms with Crippen LogP contribution in [-0.2, 0) is 6.54 Å². The van der Waals surface area contributed by atoms with Crippen molar-refractivity contribution < 1.29 is 23.7 Å². The topological polar surface area (TPSA) is 78.9 Å². The van der Waals surface area contributed by atoms with Crippen LogP contribution in [-0.4, -0.2) is 31.9 Å². The van der Waals surface area contributed by atoms with Crippen LogP contribution in [0.25, 0.3) is 11.1 Å². The first-order chi connectivity index (χ1) is 14.2. The highest BCUT2D eigenvalue weighted by Gasteiger charge is 2.15. The van der Waals surface area contributed by atoms with Gasteiger partial charge in [0.1, 0.15) is 11.5 Å². The van der Waals surface area contributed by atoms with E-state index < -0.39 is 0 Å². The lowest BCUT2D eigenvalue weighted by atomic mass is 10.0. The van der Waals surface area contributed by atoms with Crippen molar-refractivity contribution in [2.45, 2.75) is 6.54 Å². The number of hydrogen-bond donors (Lipinski definition) is 1. The van der Waals surface area contributed by atoms with Crippen molar-refractivity contribution in [2.24, 2.45) is 0 Å². The summed E-state index contributed by atoms with van der Waals surface area (Å²) in [5, 5.41) is 2.91. The molecule has 4 rings (SSSR count). The van der Waals surface area contributed by atoms with Gasteiger partial charge < -0.3 is 24.3 Å². The molecular weight excluding hydrogens is 372 g/mol. The standard InChI is InChI=1S/C22H20N2O5/c1-26-17-4-6-19(27-2)18(9-17)15-8-16(12-23-11-15)22(25)24-10-14-3-5-20-21(7-14)29-13-28-20/h3-9,11-12H,10,13H2,1-2H3,(H,24,25). The highest BCUT2D eigenvalue weighted by molar-refractivity contribution is 5.95. The minimum absolute atomic E-state index is 0.220. The van der Waals surface area contributed by atoms with Crippen LogP contribution < -0.4 is 24.3 Å². The number of carbonyl (C=O) groups excluding carboxylic acids is 1. The normalized spacial score (nSPS) is 11.8. The van der Waals surface area contributed by atoms with Crippen LogP contribution in [0.3, 0.4) is 0 Å². The quantitative estimate of drug-likeness (QED) is 0.693. The second-order valence-corrected chi connectivity index (χ2v) is 6.40. The van der Waals surface area contributed by atoms with Gasteiger partial charge in [-0.25, -0.2) is 0 Å². The Bertz CT molecular complexity index is 1050. The molecule has 1 amide bonds. The molecule has 0 unspecified atom stereocenters. The highest BCUT2D eigenvalue weighted by Crippen LogP contribution is 2.34. The van der Waals surface area contributed by atoms with Crippen LogP contribution in [0.5, 0.6) is 23.0 Å². The predicted molar refractivity (Wildman–Crippen MR) is 107 cm³/mol. The van der Waals surface area contributed by atoms with Crippen LogP contribution in [0, 0.1) is 0 Å². The Kier molecular flexibility index (Phi) is 5.20. The molecular formula is C22H20N2O5. The zero-order valence-corrected chi connectivity index (χ0v) is 16.1. The SMILES string of the molecule is COc1ccc(OC)c(-c2cncc(C(=O)NCc3ccc4c(c3)OCO4)c2)c1. The van der Waals surface area contributed by atoms with Crippen molar-refractivity contribution in [3.05, 3.63) is 66.0 Å². The summed E-state index contributed by atoms with van der Waals surface area (Å²) in [7, 11) is 3.20. The van der Waals surface area contributed by atoms with Gasteiger partial charge in [0.2, 0.25) is 6.79 Å². The molecule has 0 bridgehead atoms. The largest absolute Gasteiger partial charge is 0.497 e. The maximum atomic E-state index is 12.6. The van der Waals surface area contributed by atoms with Gasteiger partial charge in [-0.2, -0.15) is 0 Å². The van der Waals surface area contributed by atoms with Gasteiger partial charge in [-0.05, 0) is 42.0 Å². The molecule has 2 aromatic carbocycles. The molecule has 0 spiro atoms. The molecule has 0 atom stereocenters. The van der Waals surface area contributed by atoms with Crippen LogP contribution >= 0.6 is 0 Å². The average molecular weight is 392 g/mol. The van der Waals surface area contributed by atoms with Gasteiger partial charge in [0.25, 0.3) is 5.91 Å². The molecule has 7 nitrogen and oxygen atoms in total. The van der Waals surface area contributed by atoms with E-state index in [1.165, 1.54) is 6.20 Å². The molecule has 29 heavy (non-hydrogen) atoms. The lowest BCUT2D eigenvalue weighted by Gasteiger charge is -2.11. The van der Waals surface area contributed by atoms with E-state index in [4.69, 9.17) is 18.9 Å². The average Bonchev–Trinajstić information content (AvgIpc) is 3.25. The van der Waals surface area contributed by atoms with Crippen LogP contribution in [0.4, 0.5) is 0 Å². The third-order valence-electron chi connectivity index (χ3n) is 4.61. The summed E-state index contributed by atoms with van der Waals surface area (Å²) in [6.45, 7) is 0.583. The molecule has 148 valence electrons. The van der Waals surface area contributed by atoms with Gasteiger partial charge >= 0.3 is 0 Å². The van der Waals surface area contributed by atoms with E-state index in [0.717, 1.165) is 16.7 Å². The summed E-state index contributed by atoms with van der Waals surface area (Å²) < 4.78 is 21.4. The van der Waals surface area contributed by atoms with Gasteiger partial charge in [0.05, 0.1) is 19.8 Å². The van der Waals surface area contributed by atoms with Crippen molar-refractivity contribution in [2.75, 3.05) is 21.0 Å². The molecule has 1 N–H and O–H groups in total. The van der Waals surface area contributed by atoms with Crippen LogP contribution in [0.2, 0.25) is 0 Å². The Balaban J connectivity index is 1.52. The minimum Gasteiger partial charge on any atom is -0.497 e. The van der Waals surface area contributed by atoms with Crippen molar-refractivity contribution in [1.29, 1.82) is 0 Å². The maximum Gasteiger partial charge on any atom is 0.253 e. The monoisotopic (exact) mass is 392 g/mol. The lowest BCUT2D eigenvalue weighted by Crippen LogP contribution is -2.22. The number of amides is 1. The predicted octanol–water partition coefficient (Wildman–Crippen LogP) is 3.42. The number of carbonyl (C=O) groups is 1. The van der Waals surface area contributed by atoms with E-state index in [1.54, 1.807) is 26.5 Å². The molecule has 1 aromatic heterocycles. The molecule has 1 aliphatic heterocycles. The number of hydrogen-bond acceptors (Lipinski definition) is 6. The van der Waals surface area contributed by atoms with E-state index in [-0.39, 0.29) is 12.7 Å². The smallest absolute Gasteiger partial charge is 0.253 e. The van der Waals surface area contributed by atoms with Crippen molar-refractivity contribution >= 4 is 5.91 Å². The summed E-state index contributed by atoms with van der Waals surface area (Å²) in [6, 6.07) is 12.9. The second kappa shape index (κ2) is 8.10. The number of methoxy groups -OCH3 is 2. The first-order valence-corrected chi connectivity index (χ1v) is 9.02. The number of aromatic nitrogens is 1. The summed E-state index contributed by atoms with van der Waals surface area (Å²) in [4.78, 5) is 16.9. The Hall–Kier alpha value is -3.74. The molecule has 0 aliphatic carbocycles. The van der Waals surface area contributed by atoms with Gasteiger partial charge in [0.15, 0.2) is 11.5 Å². The van der Waals surface area contributed by atoms with Crippen molar-refractivity contribution in [3.63, 3.8) is 0 Å². The third kappa shape index (κ3) is 3.94. The first-order valence-electron chi connectivity index (χ1n) is 9.02. The third-order valence-corrected chi connectivity index (χ3v) is 4.61. The van der Waals surface area contributed by atoms with E-state index in [1.807, 2.05) is 36.4 Å². The number of ether oxygens (including phenoxy) is 4. The summed E-state index contributed by atoms with van der Waals surface area (Å²) in [5.74, 6) is 2.54. The number of pyridine rings is 1. The minimum atomic E-state index is -0.223. The van der Waals surface area contributed by atoms with Crippen LogP contribution in [0.1, 0.15) is 15.9 Å². The zero-order chi connectivity index (χ0) is 20.2. The fourth-order valence-corrected chi connectivity index (χ4v) is 3.09. The number of nitrogens with one attached hydrogen (secondary N) is 1. The van der Waals surface area contributed by atoms with E-state index in [2.05, 4.69) is 10.3 Å². The second-order valence-electron chi connectivity index (χ2n) is 6.40. The van der Waals surface area contributed by atoms with E-state index in [9.17, 15) is 4.79 Å². The Labute approximate surface area is 168 Å². The lowest BCUT2D eigenvalue weighted by molar-refractivity contribution is 0.0950. The molecule has 3 aromatic rings. The zero-order valence-electron chi connectivity index (χ0n) is 16.1. The van der Waals surface area contributed by atoms with Crippen molar-refractivity contribution in [3.8, 4) is 34.1 Å².